The summed E-state index contributed by atoms with van der Waals surface area (Å²) in [6.45, 7) is 0.312. The fraction of sp³-hybridized carbons (Fsp3) is 0.259. The van der Waals surface area contributed by atoms with Crippen LogP contribution in [0.1, 0.15) is 46.7 Å². The van der Waals surface area contributed by atoms with E-state index in [-0.39, 0.29) is 25.3 Å². The zero-order valence-corrected chi connectivity index (χ0v) is 18.8. The number of benzene rings is 3. The van der Waals surface area contributed by atoms with E-state index in [1.54, 1.807) is 23.1 Å². The van der Waals surface area contributed by atoms with Crippen LogP contribution in [0.25, 0.3) is 0 Å². The summed E-state index contributed by atoms with van der Waals surface area (Å²) in [7, 11) is 0. The molecule has 0 bridgehead atoms. The molecule has 1 aliphatic rings. The zero-order chi connectivity index (χ0) is 25.0. The maximum absolute atomic E-state index is 14.7. The van der Waals surface area contributed by atoms with Crippen LogP contribution >= 0.6 is 0 Å². The normalized spacial score (nSPS) is 15.4. The molecular formula is C27H24F4N2O2. The second kappa shape index (κ2) is 10.3. The van der Waals surface area contributed by atoms with E-state index < -0.39 is 29.5 Å². The Morgan fingerprint density at radius 3 is 2.37 bits per heavy atom. The number of nitrogens with zero attached hydrogens (tertiary/aromatic N) is 1. The Morgan fingerprint density at radius 2 is 1.63 bits per heavy atom. The van der Waals surface area contributed by atoms with Crippen molar-refractivity contribution in [2.24, 2.45) is 0 Å². The molecule has 0 radical (unpaired) electrons. The molecule has 3 aromatic rings. The summed E-state index contributed by atoms with van der Waals surface area (Å²) in [6, 6.07) is 18.1. The highest BCUT2D eigenvalue weighted by atomic mass is 19.4. The summed E-state index contributed by atoms with van der Waals surface area (Å²) in [4.78, 5) is 27.1. The first-order valence-electron chi connectivity index (χ1n) is 11.3. The number of nitrogens with one attached hydrogen (secondary N) is 1. The lowest BCUT2D eigenvalue weighted by Crippen LogP contribution is -2.41. The maximum Gasteiger partial charge on any atom is 0.416 e. The Morgan fingerprint density at radius 1 is 0.914 bits per heavy atom. The van der Waals surface area contributed by atoms with Crippen LogP contribution in [0.3, 0.4) is 0 Å². The van der Waals surface area contributed by atoms with Crippen LogP contribution in [0.4, 0.5) is 17.6 Å². The number of carbonyl (C=O) groups is 2. The van der Waals surface area contributed by atoms with Gasteiger partial charge >= 0.3 is 6.18 Å². The molecule has 182 valence electrons. The molecule has 0 aliphatic carbocycles. The average Bonchev–Trinajstić information content (AvgIpc) is 2.85. The van der Waals surface area contributed by atoms with Gasteiger partial charge in [-0.1, -0.05) is 54.6 Å². The molecule has 0 saturated carbocycles. The van der Waals surface area contributed by atoms with Crippen LogP contribution in [-0.2, 0) is 28.7 Å². The molecule has 0 saturated heterocycles. The Hall–Kier alpha value is -3.68. The first-order valence-corrected chi connectivity index (χ1v) is 11.3. The van der Waals surface area contributed by atoms with Crippen LogP contribution in [-0.4, -0.2) is 23.3 Å². The van der Waals surface area contributed by atoms with E-state index in [1.165, 1.54) is 18.2 Å². The van der Waals surface area contributed by atoms with Crippen molar-refractivity contribution in [1.29, 1.82) is 0 Å². The summed E-state index contributed by atoms with van der Waals surface area (Å²) < 4.78 is 53.3. The van der Waals surface area contributed by atoms with Crippen molar-refractivity contribution in [2.45, 2.75) is 38.0 Å². The second-order valence-corrected chi connectivity index (χ2v) is 8.43. The van der Waals surface area contributed by atoms with Crippen LogP contribution < -0.4 is 5.32 Å². The molecular weight excluding hydrogens is 460 g/mol. The van der Waals surface area contributed by atoms with Crippen molar-refractivity contribution in [2.75, 3.05) is 6.54 Å². The maximum atomic E-state index is 14.7. The molecule has 1 aliphatic heterocycles. The fourth-order valence-electron chi connectivity index (χ4n) is 4.38. The van der Waals surface area contributed by atoms with Gasteiger partial charge in [0.2, 0.25) is 11.8 Å². The number of amides is 2. The Kier molecular flexibility index (Phi) is 7.19. The van der Waals surface area contributed by atoms with Gasteiger partial charge in [0.1, 0.15) is 5.82 Å². The molecule has 2 amide bonds. The van der Waals surface area contributed by atoms with E-state index in [9.17, 15) is 27.2 Å². The van der Waals surface area contributed by atoms with Crippen molar-refractivity contribution in [3.8, 4) is 0 Å². The van der Waals surface area contributed by atoms with E-state index in [0.717, 1.165) is 23.3 Å². The molecule has 0 aromatic heterocycles. The number of fused-ring (bicyclic) bond motifs is 1. The first-order chi connectivity index (χ1) is 16.7. The number of carbonyl (C=O) groups excluding carboxylic acids is 2. The Balaban J connectivity index is 1.42. The third-order valence-corrected chi connectivity index (χ3v) is 6.11. The fourth-order valence-corrected chi connectivity index (χ4v) is 4.38. The molecule has 3 aromatic carbocycles. The van der Waals surface area contributed by atoms with Gasteiger partial charge in [-0.15, -0.1) is 0 Å². The summed E-state index contributed by atoms with van der Waals surface area (Å²) in [5, 5.41) is 2.57. The summed E-state index contributed by atoms with van der Waals surface area (Å²) in [5.74, 6) is -1.15. The smallest absolute Gasteiger partial charge is 0.352 e. The van der Waals surface area contributed by atoms with E-state index >= 15 is 0 Å². The number of hydrogen-bond acceptors (Lipinski definition) is 2. The number of hydrogen-bond donors (Lipinski definition) is 1. The third kappa shape index (κ3) is 5.70. The summed E-state index contributed by atoms with van der Waals surface area (Å²) >= 11 is 0. The highest BCUT2D eigenvalue weighted by molar-refractivity contribution is 5.84. The molecule has 35 heavy (non-hydrogen) atoms. The topological polar surface area (TPSA) is 49.4 Å². The lowest BCUT2D eigenvalue weighted by molar-refractivity contribution is -0.137. The number of rotatable bonds is 6. The van der Waals surface area contributed by atoms with Gasteiger partial charge in [-0.2, -0.15) is 13.2 Å². The minimum atomic E-state index is -4.46. The van der Waals surface area contributed by atoms with E-state index in [2.05, 4.69) is 5.32 Å². The van der Waals surface area contributed by atoms with Crippen molar-refractivity contribution < 1.29 is 27.2 Å². The molecule has 8 heteroatoms. The number of halogens is 4. The minimum absolute atomic E-state index is 0.0775. The molecule has 1 heterocycles. The molecule has 1 unspecified atom stereocenters. The predicted molar refractivity (Wildman–Crippen MR) is 123 cm³/mol. The average molecular weight is 484 g/mol. The van der Waals surface area contributed by atoms with Gasteiger partial charge in [0, 0.05) is 31.5 Å². The van der Waals surface area contributed by atoms with E-state index in [4.69, 9.17) is 0 Å². The molecule has 1 atom stereocenters. The van der Waals surface area contributed by atoms with Gasteiger partial charge in [-0.05, 0) is 41.3 Å². The standard InChI is InChI=1S/C27H24F4N2O2/c28-23-11-4-3-10-22(23)26-21-9-2-1-7-19(21)14-15-33(26)25(35)13-12-24(34)32-17-18-6-5-8-20(16-18)27(29,30)31/h1-11,16,26H,12-15,17H2,(H,32,34). The van der Waals surface area contributed by atoms with Gasteiger partial charge in [-0.3, -0.25) is 9.59 Å². The first kappa shape index (κ1) is 24.4. The minimum Gasteiger partial charge on any atom is -0.352 e. The van der Waals surface area contributed by atoms with Crippen molar-refractivity contribution in [1.82, 2.24) is 10.2 Å². The second-order valence-electron chi connectivity index (χ2n) is 8.43. The van der Waals surface area contributed by atoms with Gasteiger partial charge in [-0.25, -0.2) is 4.39 Å². The lowest BCUT2D eigenvalue weighted by atomic mass is 9.87. The third-order valence-electron chi connectivity index (χ3n) is 6.11. The molecule has 4 nitrogen and oxygen atoms in total. The largest absolute Gasteiger partial charge is 0.416 e. The highest BCUT2D eigenvalue weighted by Crippen LogP contribution is 2.36. The number of alkyl halides is 3. The summed E-state index contributed by atoms with van der Waals surface area (Å²) in [6.07, 6.45) is -4.07. The van der Waals surface area contributed by atoms with E-state index in [0.29, 0.717) is 24.1 Å². The SMILES string of the molecule is O=C(CCC(=O)N1CCc2ccccc2C1c1ccccc1F)NCc1cccc(C(F)(F)F)c1. The predicted octanol–water partition coefficient (Wildman–Crippen LogP) is 5.42. The van der Waals surface area contributed by atoms with Crippen LogP contribution in [0.15, 0.2) is 72.8 Å². The van der Waals surface area contributed by atoms with Crippen LogP contribution in [0.2, 0.25) is 0 Å². The van der Waals surface area contributed by atoms with Crippen LogP contribution in [0, 0.1) is 5.82 Å². The molecule has 0 spiro atoms. The summed E-state index contributed by atoms with van der Waals surface area (Å²) in [5.41, 5.74) is 1.81. The quantitative estimate of drug-likeness (QED) is 0.476. The van der Waals surface area contributed by atoms with Gasteiger partial charge in [0.25, 0.3) is 0 Å². The Bertz CT molecular complexity index is 1230. The van der Waals surface area contributed by atoms with E-state index in [1.807, 2.05) is 24.3 Å². The Labute approximate surface area is 200 Å². The molecule has 1 N–H and O–H groups in total. The molecule has 4 rings (SSSR count). The van der Waals surface area contributed by atoms with Gasteiger partial charge in [0.05, 0.1) is 11.6 Å². The van der Waals surface area contributed by atoms with Crippen molar-refractivity contribution >= 4 is 11.8 Å². The van der Waals surface area contributed by atoms with Gasteiger partial charge < -0.3 is 10.2 Å². The lowest BCUT2D eigenvalue weighted by Gasteiger charge is -2.38. The molecule has 0 fully saturated rings. The highest BCUT2D eigenvalue weighted by Gasteiger charge is 2.33. The van der Waals surface area contributed by atoms with Gasteiger partial charge in [0.15, 0.2) is 0 Å². The van der Waals surface area contributed by atoms with Crippen LogP contribution in [0.5, 0.6) is 0 Å². The zero-order valence-electron chi connectivity index (χ0n) is 18.8. The van der Waals surface area contributed by atoms with Crippen molar-refractivity contribution in [3.05, 3.63) is 106 Å². The van der Waals surface area contributed by atoms with Crippen molar-refractivity contribution in [3.63, 3.8) is 0 Å². The monoisotopic (exact) mass is 484 g/mol.